The maximum Gasteiger partial charge on any atom is 0.159 e. The first kappa shape index (κ1) is 25.6. The first-order chi connectivity index (χ1) is 17.0. The lowest BCUT2D eigenvalue weighted by Crippen LogP contribution is -1.85. The number of thiophene rings is 2. The maximum absolute atomic E-state index is 13.5. The van der Waals surface area contributed by atoms with Gasteiger partial charge in [-0.05, 0) is 85.3 Å². The summed E-state index contributed by atoms with van der Waals surface area (Å²) in [7, 11) is 0. The molecule has 0 radical (unpaired) electrons. The molecule has 35 heavy (non-hydrogen) atoms. The van der Waals surface area contributed by atoms with E-state index in [4.69, 9.17) is 0 Å². The number of halogens is 4. The van der Waals surface area contributed by atoms with Crippen molar-refractivity contribution in [2.75, 3.05) is 0 Å². The van der Waals surface area contributed by atoms with Crippen molar-refractivity contribution in [2.45, 2.75) is 57.8 Å². The normalized spacial score (nSPS) is 11.3. The van der Waals surface area contributed by atoms with Gasteiger partial charge in [0.05, 0.1) is 0 Å². The van der Waals surface area contributed by atoms with Gasteiger partial charge < -0.3 is 0 Å². The molecule has 0 aliphatic heterocycles. The molecule has 0 saturated carbocycles. The zero-order valence-corrected chi connectivity index (χ0v) is 21.1. The van der Waals surface area contributed by atoms with E-state index in [0.29, 0.717) is 0 Å². The van der Waals surface area contributed by atoms with Crippen LogP contribution in [0, 0.1) is 23.3 Å². The molecule has 0 nitrogen and oxygen atoms in total. The van der Waals surface area contributed by atoms with Gasteiger partial charge in [0.2, 0.25) is 0 Å². The first-order valence-corrected chi connectivity index (χ1v) is 13.7. The summed E-state index contributed by atoms with van der Waals surface area (Å²) in [5.41, 5.74) is 1.45. The fourth-order valence-corrected chi connectivity index (χ4v) is 6.21. The monoisotopic (exact) mass is 516 g/mol. The number of aryl methyl sites for hydroxylation is 2. The lowest BCUT2D eigenvalue weighted by atomic mass is 10.1. The molecule has 4 rings (SSSR count). The lowest BCUT2D eigenvalue weighted by molar-refractivity contribution is 0.509. The summed E-state index contributed by atoms with van der Waals surface area (Å²) < 4.78 is 53.2. The highest BCUT2D eigenvalue weighted by molar-refractivity contribution is 7.15. The highest BCUT2D eigenvalue weighted by Gasteiger charge is 2.08. The molecular weight excluding hydrogens is 488 g/mol. The van der Waals surface area contributed by atoms with E-state index in [2.05, 4.69) is 12.1 Å². The Bertz CT molecular complexity index is 1150. The summed E-state index contributed by atoms with van der Waals surface area (Å²) in [5.74, 6) is -3.24. The van der Waals surface area contributed by atoms with Crippen molar-refractivity contribution in [3.8, 4) is 20.9 Å². The predicted molar refractivity (Wildman–Crippen MR) is 139 cm³/mol. The van der Waals surface area contributed by atoms with Crippen LogP contribution in [0.15, 0.2) is 60.7 Å². The fraction of sp³-hybridized carbons (Fsp3) is 0.310. The van der Waals surface area contributed by atoms with Gasteiger partial charge in [-0.3, -0.25) is 0 Å². The molecule has 4 aromatic rings. The van der Waals surface area contributed by atoms with Crippen LogP contribution in [0.25, 0.3) is 20.9 Å². The summed E-state index contributed by atoms with van der Waals surface area (Å²) in [5, 5.41) is 0. The van der Waals surface area contributed by atoms with Gasteiger partial charge in [0.25, 0.3) is 0 Å². The van der Waals surface area contributed by atoms with Gasteiger partial charge in [0.1, 0.15) is 0 Å². The van der Waals surface area contributed by atoms with E-state index in [1.165, 1.54) is 66.1 Å². The van der Waals surface area contributed by atoms with Gasteiger partial charge in [-0.15, -0.1) is 22.7 Å². The van der Waals surface area contributed by atoms with Crippen molar-refractivity contribution in [2.24, 2.45) is 0 Å². The fourth-order valence-electron chi connectivity index (χ4n) is 4.12. The molecule has 0 N–H and O–H groups in total. The second-order valence-corrected chi connectivity index (χ2v) is 11.1. The van der Waals surface area contributed by atoms with Crippen molar-refractivity contribution in [1.82, 2.24) is 0 Å². The zero-order chi connectivity index (χ0) is 24.6. The first-order valence-electron chi connectivity index (χ1n) is 12.1. The molecular formula is C29H28F4S2. The minimum Gasteiger partial charge on any atom is -0.204 e. The topological polar surface area (TPSA) is 0 Å². The number of benzene rings is 2. The lowest BCUT2D eigenvalue weighted by Gasteiger charge is -2.02. The van der Waals surface area contributed by atoms with Crippen molar-refractivity contribution < 1.29 is 17.6 Å². The van der Waals surface area contributed by atoms with Crippen LogP contribution < -0.4 is 0 Å². The molecule has 0 amide bonds. The van der Waals surface area contributed by atoms with Crippen LogP contribution >= 0.6 is 22.7 Å². The molecule has 0 bridgehead atoms. The Morgan fingerprint density at radius 1 is 0.429 bits per heavy atom. The smallest absolute Gasteiger partial charge is 0.159 e. The van der Waals surface area contributed by atoms with E-state index in [9.17, 15) is 17.6 Å². The average molecular weight is 517 g/mol. The third kappa shape index (κ3) is 7.28. The Hall–Kier alpha value is -2.44. The summed E-state index contributed by atoms with van der Waals surface area (Å²) in [6, 6.07) is 16.3. The van der Waals surface area contributed by atoms with Gasteiger partial charge in [-0.2, -0.15) is 0 Å². The van der Waals surface area contributed by atoms with E-state index < -0.39 is 23.3 Å². The molecule has 0 aliphatic rings. The van der Waals surface area contributed by atoms with Crippen LogP contribution in [0.5, 0.6) is 0 Å². The molecule has 2 aromatic heterocycles. The Balaban J connectivity index is 1.08. The van der Waals surface area contributed by atoms with Crippen LogP contribution in [0.2, 0.25) is 0 Å². The Morgan fingerprint density at radius 2 is 0.829 bits per heavy atom. The Labute approximate surface area is 212 Å². The number of hydrogen-bond donors (Lipinski definition) is 0. The van der Waals surface area contributed by atoms with Gasteiger partial charge in [-0.1, -0.05) is 44.2 Å². The molecule has 0 unspecified atom stereocenters. The summed E-state index contributed by atoms with van der Waals surface area (Å²) in [6.07, 6.45) is 10.4. The number of rotatable bonds is 12. The summed E-state index contributed by atoms with van der Waals surface area (Å²) in [6.45, 7) is 0. The van der Waals surface area contributed by atoms with Gasteiger partial charge in [-0.25, -0.2) is 17.6 Å². The molecule has 6 heteroatoms. The van der Waals surface area contributed by atoms with Crippen LogP contribution in [-0.4, -0.2) is 0 Å². The van der Waals surface area contributed by atoms with E-state index in [0.717, 1.165) is 46.6 Å². The van der Waals surface area contributed by atoms with Crippen LogP contribution in [0.3, 0.4) is 0 Å². The third-order valence-corrected chi connectivity index (χ3v) is 8.47. The average Bonchev–Trinajstić information content (AvgIpc) is 3.52. The highest BCUT2D eigenvalue weighted by Crippen LogP contribution is 2.31. The second-order valence-electron chi connectivity index (χ2n) is 8.76. The highest BCUT2D eigenvalue weighted by atomic mass is 32.1. The van der Waals surface area contributed by atoms with Crippen LogP contribution in [0.1, 0.15) is 54.7 Å². The molecule has 0 spiro atoms. The Kier molecular flexibility index (Phi) is 9.16. The maximum atomic E-state index is 13.5. The second kappa shape index (κ2) is 12.5. The van der Waals surface area contributed by atoms with E-state index >= 15 is 0 Å². The van der Waals surface area contributed by atoms with Crippen molar-refractivity contribution in [3.05, 3.63) is 93.7 Å². The van der Waals surface area contributed by atoms with Gasteiger partial charge >= 0.3 is 0 Å². The van der Waals surface area contributed by atoms with Gasteiger partial charge in [0.15, 0.2) is 23.3 Å². The predicted octanol–water partition coefficient (Wildman–Crippen LogP) is 10.2. The van der Waals surface area contributed by atoms with Gasteiger partial charge in [0, 0.05) is 19.5 Å². The van der Waals surface area contributed by atoms with Crippen LogP contribution in [-0.2, 0) is 12.8 Å². The quantitative estimate of drug-likeness (QED) is 0.130. The largest absolute Gasteiger partial charge is 0.204 e. The minimum atomic E-state index is -0.814. The van der Waals surface area contributed by atoms with E-state index in [-0.39, 0.29) is 0 Å². The SMILES string of the molecule is Fc1ccc(-c2ccc(CCCCCCCCCc3ccc(-c4ccc(F)c(F)c4)s3)s2)cc1F. The van der Waals surface area contributed by atoms with Crippen molar-refractivity contribution >= 4 is 22.7 Å². The Morgan fingerprint density at radius 3 is 1.23 bits per heavy atom. The molecule has 0 atom stereocenters. The molecule has 0 fully saturated rings. The van der Waals surface area contributed by atoms with Crippen molar-refractivity contribution in [1.29, 1.82) is 0 Å². The third-order valence-electron chi connectivity index (χ3n) is 6.08. The minimum absolute atomic E-state index is 0.725. The number of unbranched alkanes of at least 4 members (excludes halogenated alkanes) is 6. The summed E-state index contributed by atoms with van der Waals surface area (Å²) in [4.78, 5) is 4.51. The molecule has 0 saturated heterocycles. The molecule has 0 aliphatic carbocycles. The van der Waals surface area contributed by atoms with Crippen LogP contribution in [0.4, 0.5) is 17.6 Å². The summed E-state index contributed by atoms with van der Waals surface area (Å²) >= 11 is 3.30. The molecule has 184 valence electrons. The molecule has 2 aromatic carbocycles. The number of hydrogen-bond acceptors (Lipinski definition) is 2. The van der Waals surface area contributed by atoms with Crippen molar-refractivity contribution in [3.63, 3.8) is 0 Å². The van der Waals surface area contributed by atoms with E-state index in [1.807, 2.05) is 12.1 Å². The zero-order valence-electron chi connectivity index (χ0n) is 19.5. The van der Waals surface area contributed by atoms with E-state index in [1.54, 1.807) is 34.8 Å². The molecule has 2 heterocycles. The standard InChI is InChI=1S/C29H28F4S2/c30-24-14-10-20(18-26(24)32)28-16-12-22(34-28)8-6-4-2-1-3-5-7-9-23-13-17-29(35-23)21-11-15-25(31)27(33)19-21/h10-19H,1-9H2.